The van der Waals surface area contributed by atoms with Crippen LogP contribution in [0, 0.1) is 13.8 Å². The lowest BCUT2D eigenvalue weighted by atomic mass is 10.3. The normalized spacial score (nSPS) is 12.5. The summed E-state index contributed by atoms with van der Waals surface area (Å²) in [6.07, 6.45) is 0. The molecular weight excluding hydrogens is 216 g/mol. The Morgan fingerprint density at radius 1 is 1.59 bits per heavy atom. The minimum atomic E-state index is -0.245. The van der Waals surface area contributed by atoms with Crippen LogP contribution in [0.25, 0.3) is 0 Å². The Bertz CT molecular complexity index is 386. The summed E-state index contributed by atoms with van der Waals surface area (Å²) < 4.78 is 1.79. The van der Waals surface area contributed by atoms with E-state index < -0.39 is 0 Å². The van der Waals surface area contributed by atoms with Crippen molar-refractivity contribution in [2.45, 2.75) is 26.8 Å². The molecule has 96 valence electrons. The van der Waals surface area contributed by atoms with E-state index >= 15 is 0 Å². The molecular formula is C12H22N4O. The summed E-state index contributed by atoms with van der Waals surface area (Å²) in [7, 11) is 3.70. The molecule has 1 rings (SSSR count). The fraction of sp³-hybridized carbons (Fsp3) is 0.667. The largest absolute Gasteiger partial charge is 0.343 e. The summed E-state index contributed by atoms with van der Waals surface area (Å²) in [5.41, 5.74) is 1.96. The minimum Gasteiger partial charge on any atom is -0.343 e. The predicted octanol–water partition coefficient (Wildman–Crippen LogP) is 0.739. The average Bonchev–Trinajstić information content (AvgIpc) is 2.63. The quantitative estimate of drug-likeness (QED) is 0.823. The van der Waals surface area contributed by atoms with Gasteiger partial charge in [-0.3, -0.25) is 9.48 Å². The number of nitrogens with zero attached hydrogens (tertiary/aromatic N) is 3. The molecule has 0 aliphatic carbocycles. The summed E-state index contributed by atoms with van der Waals surface area (Å²) in [6.45, 7) is 7.30. The number of aryl methyl sites for hydroxylation is 2. The molecule has 0 radical (unpaired) electrons. The second kappa shape index (κ2) is 5.82. The lowest BCUT2D eigenvalue weighted by Gasteiger charge is -2.22. The Morgan fingerprint density at radius 3 is 2.71 bits per heavy atom. The fourth-order valence-corrected chi connectivity index (χ4v) is 1.85. The van der Waals surface area contributed by atoms with Crippen molar-refractivity contribution >= 4 is 5.91 Å². The molecule has 0 saturated heterocycles. The molecule has 1 aromatic rings. The van der Waals surface area contributed by atoms with Gasteiger partial charge in [0.05, 0.1) is 5.69 Å². The summed E-state index contributed by atoms with van der Waals surface area (Å²) in [4.78, 5) is 13.9. The molecule has 0 aromatic carbocycles. The molecule has 1 atom stereocenters. The number of nitrogens with one attached hydrogen (secondary N) is 1. The number of carbonyl (C=O) groups is 1. The van der Waals surface area contributed by atoms with Gasteiger partial charge < -0.3 is 10.2 Å². The molecule has 1 heterocycles. The van der Waals surface area contributed by atoms with Crippen molar-refractivity contribution in [3.05, 3.63) is 17.5 Å². The second-order valence-electron chi connectivity index (χ2n) is 4.41. The van der Waals surface area contributed by atoms with Gasteiger partial charge in [-0.25, -0.2) is 0 Å². The number of aromatic nitrogens is 2. The zero-order valence-corrected chi connectivity index (χ0v) is 11.3. The third-order valence-corrected chi connectivity index (χ3v) is 2.84. The highest BCUT2D eigenvalue weighted by molar-refractivity contribution is 5.79. The van der Waals surface area contributed by atoms with Gasteiger partial charge in [-0.15, -0.1) is 0 Å². The lowest BCUT2D eigenvalue weighted by Crippen LogP contribution is -2.37. The Labute approximate surface area is 103 Å². The maximum Gasteiger partial charge on any atom is 0.246 e. The molecule has 1 aromatic heterocycles. The molecule has 0 saturated carbocycles. The number of carbonyl (C=O) groups excluding carboxylic acids is 1. The van der Waals surface area contributed by atoms with Crippen LogP contribution < -0.4 is 5.32 Å². The Morgan fingerprint density at radius 2 is 2.24 bits per heavy atom. The van der Waals surface area contributed by atoms with E-state index in [0.717, 1.165) is 17.9 Å². The summed E-state index contributed by atoms with van der Waals surface area (Å²) in [5.74, 6) is 0.0893. The molecule has 1 N–H and O–H groups in total. The molecule has 5 nitrogen and oxygen atoms in total. The van der Waals surface area contributed by atoms with E-state index in [9.17, 15) is 4.79 Å². The summed E-state index contributed by atoms with van der Waals surface area (Å²) >= 11 is 0. The van der Waals surface area contributed by atoms with Crippen LogP contribution >= 0.6 is 0 Å². The Hall–Kier alpha value is -1.36. The van der Waals surface area contributed by atoms with Crippen LogP contribution in [-0.2, 0) is 4.79 Å². The first-order valence-electron chi connectivity index (χ1n) is 5.89. The average molecular weight is 238 g/mol. The summed E-state index contributed by atoms with van der Waals surface area (Å²) in [5, 5.41) is 7.38. The highest BCUT2D eigenvalue weighted by atomic mass is 16.2. The van der Waals surface area contributed by atoms with Gasteiger partial charge in [0.1, 0.15) is 6.04 Å². The van der Waals surface area contributed by atoms with Gasteiger partial charge in [0.15, 0.2) is 0 Å². The van der Waals surface area contributed by atoms with Gasteiger partial charge >= 0.3 is 0 Å². The zero-order valence-electron chi connectivity index (χ0n) is 11.3. The highest BCUT2D eigenvalue weighted by Crippen LogP contribution is 2.12. The standard InChI is InChI=1S/C12H22N4O/c1-9-8-10(2)16(14-9)11(3)12(17)15(5)7-6-13-4/h8,11,13H,6-7H2,1-5H3. The molecule has 17 heavy (non-hydrogen) atoms. The SMILES string of the molecule is CNCCN(C)C(=O)C(C)n1nc(C)cc1C. The maximum absolute atomic E-state index is 12.1. The Balaban J connectivity index is 2.72. The highest BCUT2D eigenvalue weighted by Gasteiger charge is 2.20. The van der Waals surface area contributed by atoms with Crippen molar-refractivity contribution in [3.8, 4) is 0 Å². The van der Waals surface area contributed by atoms with Gasteiger partial charge in [-0.1, -0.05) is 0 Å². The van der Waals surface area contributed by atoms with Gasteiger partial charge in [0, 0.05) is 25.8 Å². The van der Waals surface area contributed by atoms with E-state index in [1.165, 1.54) is 0 Å². The fourth-order valence-electron chi connectivity index (χ4n) is 1.85. The lowest BCUT2D eigenvalue weighted by molar-refractivity contribution is -0.133. The number of likely N-dealkylation sites (N-methyl/N-ethyl adjacent to an activating group) is 2. The number of amides is 1. The predicted molar refractivity (Wildman–Crippen MR) is 68.0 cm³/mol. The summed E-state index contributed by atoms with van der Waals surface area (Å²) in [6, 6.07) is 1.74. The third-order valence-electron chi connectivity index (χ3n) is 2.84. The first kappa shape index (κ1) is 13.7. The van der Waals surface area contributed by atoms with Crippen LogP contribution in [0.1, 0.15) is 24.4 Å². The van der Waals surface area contributed by atoms with Crippen LogP contribution in [0.4, 0.5) is 0 Å². The van der Waals surface area contributed by atoms with Crippen LogP contribution in [0.2, 0.25) is 0 Å². The molecule has 0 aliphatic rings. The van der Waals surface area contributed by atoms with Gasteiger partial charge in [-0.05, 0) is 33.9 Å². The van der Waals surface area contributed by atoms with E-state index in [-0.39, 0.29) is 11.9 Å². The Kier molecular flexibility index (Phi) is 4.69. The van der Waals surface area contributed by atoms with E-state index in [1.807, 2.05) is 40.9 Å². The monoisotopic (exact) mass is 238 g/mol. The molecule has 0 aliphatic heterocycles. The van der Waals surface area contributed by atoms with Gasteiger partial charge in [-0.2, -0.15) is 5.10 Å². The van der Waals surface area contributed by atoms with Crippen LogP contribution in [0.5, 0.6) is 0 Å². The first-order chi connectivity index (χ1) is 7.97. The topological polar surface area (TPSA) is 50.2 Å². The van der Waals surface area contributed by atoms with Crippen molar-refractivity contribution < 1.29 is 4.79 Å². The zero-order chi connectivity index (χ0) is 13.0. The van der Waals surface area contributed by atoms with Crippen molar-refractivity contribution in [1.82, 2.24) is 20.0 Å². The van der Waals surface area contributed by atoms with Crippen LogP contribution in [0.15, 0.2) is 6.07 Å². The molecule has 1 unspecified atom stereocenters. The van der Waals surface area contributed by atoms with E-state index in [0.29, 0.717) is 6.54 Å². The number of hydrogen-bond donors (Lipinski definition) is 1. The number of rotatable bonds is 5. The minimum absolute atomic E-state index is 0.0893. The number of hydrogen-bond acceptors (Lipinski definition) is 3. The van der Waals surface area contributed by atoms with E-state index in [2.05, 4.69) is 10.4 Å². The van der Waals surface area contributed by atoms with Crippen LogP contribution in [-0.4, -0.2) is 47.8 Å². The van der Waals surface area contributed by atoms with Gasteiger partial charge in [0.2, 0.25) is 5.91 Å². The first-order valence-corrected chi connectivity index (χ1v) is 5.89. The second-order valence-corrected chi connectivity index (χ2v) is 4.41. The van der Waals surface area contributed by atoms with Crippen molar-refractivity contribution in [3.63, 3.8) is 0 Å². The van der Waals surface area contributed by atoms with Crippen LogP contribution in [0.3, 0.4) is 0 Å². The van der Waals surface area contributed by atoms with Crippen molar-refractivity contribution in [1.29, 1.82) is 0 Å². The molecule has 0 spiro atoms. The molecule has 5 heteroatoms. The maximum atomic E-state index is 12.1. The van der Waals surface area contributed by atoms with Crippen molar-refractivity contribution in [2.75, 3.05) is 27.2 Å². The van der Waals surface area contributed by atoms with E-state index in [1.54, 1.807) is 9.58 Å². The van der Waals surface area contributed by atoms with Gasteiger partial charge in [0.25, 0.3) is 0 Å². The van der Waals surface area contributed by atoms with E-state index in [4.69, 9.17) is 0 Å². The molecule has 0 fully saturated rings. The smallest absolute Gasteiger partial charge is 0.246 e. The molecule has 1 amide bonds. The molecule has 0 bridgehead atoms. The third kappa shape index (κ3) is 3.30. The van der Waals surface area contributed by atoms with Crippen molar-refractivity contribution in [2.24, 2.45) is 0 Å².